The van der Waals surface area contributed by atoms with Gasteiger partial charge in [-0.3, -0.25) is 9.52 Å². The van der Waals surface area contributed by atoms with Crippen molar-refractivity contribution in [2.75, 3.05) is 10.4 Å². The number of H-pyrrole nitrogens is 1. The van der Waals surface area contributed by atoms with E-state index >= 15 is 0 Å². The molecule has 0 radical (unpaired) electrons. The van der Waals surface area contributed by atoms with Gasteiger partial charge in [-0.05, 0) is 43.3 Å². The standard InChI is InChI=1S/C22H19F2N3O4S/c1-3-32(29,30)26-14-5-7-19(31-20-6-4-13(23)10-18(20)24)16(11-14)17-12-27(2)22(28)21-15(17)8-9-25-21/h4-12,25-26H,3H2,1-2H3/i1D3,3D2. The van der Waals surface area contributed by atoms with Crippen LogP contribution in [0.5, 0.6) is 11.5 Å². The van der Waals surface area contributed by atoms with Crippen molar-refractivity contribution in [3.8, 4) is 22.6 Å². The Morgan fingerprint density at radius 1 is 1.16 bits per heavy atom. The van der Waals surface area contributed by atoms with Crippen molar-refractivity contribution < 1.29 is 28.8 Å². The number of rotatable bonds is 6. The smallest absolute Gasteiger partial charge is 0.274 e. The molecule has 10 heteroatoms. The summed E-state index contributed by atoms with van der Waals surface area (Å²) in [7, 11) is -3.61. The SMILES string of the molecule is [2H]C([2H])([2H])C([2H])([2H])S(=O)(=O)Nc1ccc(Oc2ccc(F)cc2F)c(-c2cn(C)c(=O)c3[nH]ccc23)c1. The number of pyridine rings is 1. The van der Waals surface area contributed by atoms with Gasteiger partial charge in [0.25, 0.3) is 5.56 Å². The first kappa shape index (κ1) is 16.0. The first-order valence-electron chi connectivity index (χ1n) is 11.6. The third kappa shape index (κ3) is 4.09. The number of aryl methyl sites for hydroxylation is 1. The van der Waals surface area contributed by atoms with Gasteiger partial charge in [0.1, 0.15) is 17.1 Å². The van der Waals surface area contributed by atoms with E-state index in [-0.39, 0.29) is 33.8 Å². The summed E-state index contributed by atoms with van der Waals surface area (Å²) in [6.07, 6.45) is 2.94. The highest BCUT2D eigenvalue weighted by molar-refractivity contribution is 7.92. The first-order valence-corrected chi connectivity index (χ1v) is 10.6. The molecule has 0 spiro atoms. The molecule has 0 aliphatic heterocycles. The van der Waals surface area contributed by atoms with E-state index in [0.29, 0.717) is 17.0 Å². The van der Waals surface area contributed by atoms with Gasteiger partial charge in [0.05, 0.1) is 5.70 Å². The largest absolute Gasteiger partial charge is 0.454 e. The maximum atomic E-state index is 14.3. The zero-order valence-electron chi connectivity index (χ0n) is 21.4. The molecule has 4 aromatic rings. The van der Waals surface area contributed by atoms with Crippen molar-refractivity contribution >= 4 is 26.6 Å². The highest BCUT2D eigenvalue weighted by Crippen LogP contribution is 2.39. The number of hydrogen-bond donors (Lipinski definition) is 2. The number of hydrogen-bond acceptors (Lipinski definition) is 4. The van der Waals surface area contributed by atoms with Crippen LogP contribution in [0.4, 0.5) is 14.5 Å². The van der Waals surface area contributed by atoms with Crippen molar-refractivity contribution in [3.63, 3.8) is 0 Å². The van der Waals surface area contributed by atoms with Gasteiger partial charge in [0, 0.05) is 54.6 Å². The summed E-state index contributed by atoms with van der Waals surface area (Å²) in [6, 6.07) is 7.85. The van der Waals surface area contributed by atoms with Gasteiger partial charge in [0.15, 0.2) is 11.6 Å². The normalized spacial score (nSPS) is 14.8. The van der Waals surface area contributed by atoms with Crippen LogP contribution in [0.1, 0.15) is 13.7 Å². The second kappa shape index (κ2) is 8.12. The average molecular weight is 465 g/mol. The Bertz CT molecular complexity index is 1680. The van der Waals surface area contributed by atoms with E-state index in [9.17, 15) is 22.0 Å². The average Bonchev–Trinajstić information content (AvgIpc) is 3.28. The lowest BCUT2D eigenvalue weighted by molar-refractivity contribution is 0.439. The molecule has 32 heavy (non-hydrogen) atoms. The molecular formula is C22H19F2N3O4S. The molecule has 2 aromatic carbocycles. The molecule has 0 fully saturated rings. The molecule has 7 nitrogen and oxygen atoms in total. The highest BCUT2D eigenvalue weighted by Gasteiger charge is 2.18. The Labute approximate surface area is 189 Å². The predicted octanol–water partition coefficient (Wildman–Crippen LogP) is 4.37. The number of anilines is 1. The van der Waals surface area contributed by atoms with E-state index in [4.69, 9.17) is 11.6 Å². The molecule has 0 aliphatic rings. The van der Waals surface area contributed by atoms with Gasteiger partial charge in [-0.15, -0.1) is 0 Å². The number of aromatic nitrogens is 2. The van der Waals surface area contributed by atoms with Gasteiger partial charge in [-0.1, -0.05) is 0 Å². The van der Waals surface area contributed by atoms with E-state index in [1.807, 2.05) is 4.72 Å². The summed E-state index contributed by atoms with van der Waals surface area (Å²) < 4.78 is 98.9. The third-order valence-electron chi connectivity index (χ3n) is 4.66. The Balaban J connectivity index is 1.90. The van der Waals surface area contributed by atoms with Gasteiger partial charge >= 0.3 is 0 Å². The lowest BCUT2D eigenvalue weighted by Crippen LogP contribution is -2.17. The number of nitrogens with one attached hydrogen (secondary N) is 2. The Morgan fingerprint density at radius 3 is 2.69 bits per heavy atom. The van der Waals surface area contributed by atoms with Crippen LogP contribution in [0.25, 0.3) is 22.0 Å². The molecule has 0 saturated heterocycles. The number of aromatic amines is 1. The second-order valence-corrected chi connectivity index (χ2v) is 8.24. The summed E-state index contributed by atoms with van der Waals surface area (Å²) in [5.74, 6) is -2.20. The summed E-state index contributed by atoms with van der Waals surface area (Å²) >= 11 is 0. The number of halogens is 2. The van der Waals surface area contributed by atoms with Crippen LogP contribution >= 0.6 is 0 Å². The van der Waals surface area contributed by atoms with Crippen LogP contribution in [0.2, 0.25) is 0 Å². The number of nitrogens with zero attached hydrogens (tertiary/aromatic N) is 1. The number of fused-ring (bicyclic) bond motifs is 1. The molecule has 0 bridgehead atoms. The van der Waals surface area contributed by atoms with Crippen molar-refractivity contribution in [2.24, 2.45) is 7.05 Å². The molecule has 0 amide bonds. The summed E-state index contributed by atoms with van der Waals surface area (Å²) in [4.78, 5) is 15.3. The minimum atomic E-state index is -5.08. The fraction of sp³-hybridized carbons (Fsp3) is 0.136. The maximum Gasteiger partial charge on any atom is 0.274 e. The van der Waals surface area contributed by atoms with Gasteiger partial charge in [0.2, 0.25) is 10.0 Å². The van der Waals surface area contributed by atoms with Crippen LogP contribution in [0.3, 0.4) is 0 Å². The van der Waals surface area contributed by atoms with Gasteiger partial charge in [-0.2, -0.15) is 0 Å². The number of benzene rings is 2. The third-order valence-corrected chi connectivity index (χ3v) is 5.44. The lowest BCUT2D eigenvalue weighted by Gasteiger charge is -2.16. The zero-order valence-corrected chi connectivity index (χ0v) is 17.3. The molecule has 0 saturated carbocycles. The fourth-order valence-electron chi connectivity index (χ4n) is 3.23. The predicted molar refractivity (Wildman–Crippen MR) is 118 cm³/mol. The summed E-state index contributed by atoms with van der Waals surface area (Å²) in [5, 5.41) is 0.408. The molecule has 2 N–H and O–H groups in total. The fourth-order valence-corrected chi connectivity index (χ4v) is 3.72. The Morgan fingerprint density at radius 2 is 1.94 bits per heavy atom. The minimum absolute atomic E-state index is 0.0200. The van der Waals surface area contributed by atoms with Crippen molar-refractivity contribution in [1.29, 1.82) is 0 Å². The molecule has 0 atom stereocenters. The first-order chi connectivity index (χ1) is 17.1. The minimum Gasteiger partial charge on any atom is -0.454 e. The van der Waals surface area contributed by atoms with E-state index in [2.05, 4.69) is 4.98 Å². The molecule has 4 rings (SSSR count). The van der Waals surface area contributed by atoms with Gasteiger partial charge < -0.3 is 14.3 Å². The van der Waals surface area contributed by atoms with Crippen molar-refractivity contribution in [2.45, 2.75) is 6.85 Å². The van der Waals surface area contributed by atoms with E-state index in [1.54, 1.807) is 6.07 Å². The highest BCUT2D eigenvalue weighted by atomic mass is 32.2. The van der Waals surface area contributed by atoms with Gasteiger partial charge in [-0.25, -0.2) is 17.2 Å². The summed E-state index contributed by atoms with van der Waals surface area (Å²) in [6.45, 7) is -3.49. The van der Waals surface area contributed by atoms with Crippen LogP contribution < -0.4 is 15.0 Å². The maximum absolute atomic E-state index is 14.3. The Kier molecular flexibility index (Phi) is 4.07. The lowest BCUT2D eigenvalue weighted by atomic mass is 10.0. The number of sulfonamides is 1. The van der Waals surface area contributed by atoms with E-state index in [1.165, 1.54) is 36.1 Å². The van der Waals surface area contributed by atoms with Crippen LogP contribution in [-0.2, 0) is 17.1 Å². The topological polar surface area (TPSA) is 93.2 Å². The van der Waals surface area contributed by atoms with Crippen LogP contribution in [0, 0.1) is 11.6 Å². The molecule has 0 aliphatic carbocycles. The Hall–Kier alpha value is -3.66. The summed E-state index contributed by atoms with van der Waals surface area (Å²) in [5.41, 5.74) is -3.53. The molecule has 166 valence electrons. The number of ether oxygens (including phenoxy) is 1. The van der Waals surface area contributed by atoms with E-state index in [0.717, 1.165) is 18.2 Å². The van der Waals surface area contributed by atoms with E-state index < -0.39 is 34.2 Å². The zero-order chi connectivity index (χ0) is 27.3. The molecule has 2 heterocycles. The van der Waals surface area contributed by atoms with Crippen molar-refractivity contribution in [1.82, 2.24) is 9.55 Å². The molecule has 0 unspecified atom stereocenters. The molecular weight excluding hydrogens is 440 g/mol. The monoisotopic (exact) mass is 464 g/mol. The van der Waals surface area contributed by atoms with Crippen LogP contribution in [0.15, 0.2) is 59.7 Å². The molecule has 2 aromatic heterocycles. The van der Waals surface area contributed by atoms with Crippen molar-refractivity contribution in [3.05, 3.63) is 76.8 Å². The quantitative estimate of drug-likeness (QED) is 0.443. The van der Waals surface area contributed by atoms with Crippen LogP contribution in [-0.4, -0.2) is 23.7 Å². The second-order valence-electron chi connectivity index (χ2n) is 6.82.